The van der Waals surface area contributed by atoms with Crippen molar-refractivity contribution < 1.29 is 42.1 Å². The lowest BCUT2D eigenvalue weighted by Crippen LogP contribution is -2.57. The molecule has 238 valence electrons. The normalized spacial score (nSPS) is 35.7. The van der Waals surface area contributed by atoms with Crippen LogP contribution in [0.1, 0.15) is 25.7 Å². The lowest BCUT2D eigenvalue weighted by Gasteiger charge is -2.40. The maximum Gasteiger partial charge on any atom is 0.243 e. The number of hydrogen-bond acceptors (Lipinski definition) is 10. The Morgan fingerprint density at radius 1 is 1.00 bits per heavy atom. The highest BCUT2D eigenvalue weighted by atomic mass is 32.2. The maximum absolute atomic E-state index is 14.1. The van der Waals surface area contributed by atoms with E-state index in [1.165, 1.54) is 12.1 Å². The Kier molecular flexibility index (Phi) is 9.04. The van der Waals surface area contributed by atoms with Gasteiger partial charge in [-0.05, 0) is 50.6 Å². The van der Waals surface area contributed by atoms with Crippen LogP contribution in [0.2, 0.25) is 0 Å². The number of carbonyl (C=O) groups excluding carboxylic acids is 2. The summed E-state index contributed by atoms with van der Waals surface area (Å²) < 4.78 is 54.5. The topological polar surface area (TPSA) is 161 Å². The van der Waals surface area contributed by atoms with Crippen molar-refractivity contribution in [3.05, 3.63) is 30.1 Å². The van der Waals surface area contributed by atoms with Gasteiger partial charge in [0.2, 0.25) is 21.8 Å². The van der Waals surface area contributed by atoms with Crippen LogP contribution < -0.4 is 10.6 Å². The molecule has 0 saturated carbocycles. The predicted octanol–water partition coefficient (Wildman–Crippen LogP) is -1.75. The number of piperidine rings is 1. The standard InChI is InChI=1S/C28H40FN5O8S/c29-17-2-1-3-21(10-17)43(39,40)33-15-20-14-32(8-9-41-20)28(38)22-11-18(13-34(22)19-4-6-30-7-5-19)31-25(35)12-23-26(36)27(37)24(16-33)42-23/h1-3,10,18-20,22-24,26-27,30,36-37H,4-9,11-16H2,(H,31,35)/t18-,20-,22-,23-,24+,26-,27+/m0/s1. The molecule has 15 heteroatoms. The third-order valence-electron chi connectivity index (χ3n) is 9.29. The minimum atomic E-state index is -4.32. The summed E-state index contributed by atoms with van der Waals surface area (Å²) in [6.07, 6.45) is -3.86. The first-order chi connectivity index (χ1) is 20.6. The lowest BCUT2D eigenvalue weighted by molar-refractivity contribution is -0.145. The van der Waals surface area contributed by atoms with Gasteiger partial charge in [-0.15, -0.1) is 0 Å². The van der Waals surface area contributed by atoms with Gasteiger partial charge in [-0.3, -0.25) is 14.5 Å². The predicted molar refractivity (Wildman–Crippen MR) is 150 cm³/mol. The van der Waals surface area contributed by atoms with Gasteiger partial charge in [0.05, 0.1) is 36.2 Å². The maximum atomic E-state index is 14.1. The Morgan fingerprint density at radius 3 is 2.53 bits per heavy atom. The number of nitrogens with zero attached hydrogens (tertiary/aromatic N) is 3. The van der Waals surface area contributed by atoms with Crippen molar-refractivity contribution in [3.63, 3.8) is 0 Å². The minimum Gasteiger partial charge on any atom is -0.388 e. The van der Waals surface area contributed by atoms with Gasteiger partial charge in [-0.25, -0.2) is 12.8 Å². The van der Waals surface area contributed by atoms with Crippen LogP contribution >= 0.6 is 0 Å². The third kappa shape index (κ3) is 6.45. The molecule has 7 atom stereocenters. The summed E-state index contributed by atoms with van der Waals surface area (Å²) in [4.78, 5) is 30.7. The minimum absolute atomic E-state index is 0.0792. The molecule has 5 heterocycles. The number of halogens is 1. The molecule has 1 aromatic carbocycles. The number of likely N-dealkylation sites (tertiary alicyclic amines) is 1. The molecule has 43 heavy (non-hydrogen) atoms. The molecule has 0 spiro atoms. The molecule has 5 aliphatic rings. The molecular formula is C28H40FN5O8S. The molecule has 2 amide bonds. The van der Waals surface area contributed by atoms with E-state index in [0.29, 0.717) is 19.5 Å². The summed E-state index contributed by atoms with van der Waals surface area (Å²) >= 11 is 0. The monoisotopic (exact) mass is 625 g/mol. The second-order valence-electron chi connectivity index (χ2n) is 12.1. The largest absolute Gasteiger partial charge is 0.388 e. The smallest absolute Gasteiger partial charge is 0.243 e. The molecule has 5 saturated heterocycles. The second-order valence-corrected chi connectivity index (χ2v) is 14.1. The Morgan fingerprint density at radius 2 is 1.77 bits per heavy atom. The zero-order chi connectivity index (χ0) is 30.3. The SMILES string of the molecule is O=C1C[C@@H]2O[C@H](CN(S(=O)(=O)c3cccc(F)c3)C[C@@H]3CN(CCO3)C(=O)[C@@H]3C[C@@H](CN3C3CCNCC3)N1)[C@@H](O)[C@H]2O. The zero-order valence-electron chi connectivity index (χ0n) is 23.9. The fraction of sp³-hybridized carbons (Fsp3) is 0.714. The van der Waals surface area contributed by atoms with E-state index in [9.17, 15) is 32.6 Å². The van der Waals surface area contributed by atoms with Gasteiger partial charge >= 0.3 is 0 Å². The van der Waals surface area contributed by atoms with Crippen LogP contribution in [-0.2, 0) is 29.1 Å². The average molecular weight is 626 g/mol. The van der Waals surface area contributed by atoms with Crippen molar-refractivity contribution >= 4 is 21.8 Å². The van der Waals surface area contributed by atoms with E-state index in [4.69, 9.17) is 9.47 Å². The lowest BCUT2D eigenvalue weighted by atomic mass is 10.0. The van der Waals surface area contributed by atoms with Gasteiger partial charge in [0, 0.05) is 44.8 Å². The number of ether oxygens (including phenoxy) is 2. The van der Waals surface area contributed by atoms with Crippen molar-refractivity contribution in [3.8, 4) is 0 Å². The number of benzene rings is 1. The van der Waals surface area contributed by atoms with Gasteiger partial charge < -0.3 is 35.2 Å². The van der Waals surface area contributed by atoms with Crippen molar-refractivity contribution in [1.29, 1.82) is 0 Å². The molecule has 0 aliphatic carbocycles. The summed E-state index contributed by atoms with van der Waals surface area (Å²) in [6, 6.07) is 4.06. The number of fused-ring (bicyclic) bond motifs is 6. The number of amides is 2. The summed E-state index contributed by atoms with van der Waals surface area (Å²) in [5, 5.41) is 28.0. The van der Waals surface area contributed by atoms with E-state index < -0.39 is 52.4 Å². The van der Waals surface area contributed by atoms with Crippen LogP contribution in [0, 0.1) is 5.82 Å². The average Bonchev–Trinajstić information content (AvgIpc) is 3.53. The van der Waals surface area contributed by atoms with Gasteiger partial charge in [-0.2, -0.15) is 4.31 Å². The van der Waals surface area contributed by atoms with Gasteiger partial charge in [0.25, 0.3) is 0 Å². The van der Waals surface area contributed by atoms with E-state index in [2.05, 4.69) is 15.5 Å². The number of aliphatic hydroxyl groups excluding tert-OH is 2. The summed E-state index contributed by atoms with van der Waals surface area (Å²) in [7, 11) is -4.32. The van der Waals surface area contributed by atoms with Crippen LogP contribution in [0.25, 0.3) is 0 Å². The van der Waals surface area contributed by atoms with Gasteiger partial charge in [-0.1, -0.05) is 6.07 Å². The van der Waals surface area contributed by atoms with Gasteiger partial charge in [0.15, 0.2) is 0 Å². The summed E-state index contributed by atoms with van der Waals surface area (Å²) in [6.45, 7) is 2.31. The Hall–Kier alpha value is -2.24. The Bertz CT molecular complexity index is 1300. The summed E-state index contributed by atoms with van der Waals surface area (Å²) in [5.41, 5.74) is 0. The molecule has 0 unspecified atom stereocenters. The number of aliphatic hydroxyl groups is 2. The fourth-order valence-electron chi connectivity index (χ4n) is 7.08. The van der Waals surface area contributed by atoms with Crippen molar-refractivity contribution in [1.82, 2.24) is 24.7 Å². The molecule has 1 aromatic rings. The molecule has 6 rings (SSSR count). The quantitative estimate of drug-likeness (QED) is 0.303. The first-order valence-corrected chi connectivity index (χ1v) is 16.5. The highest BCUT2D eigenvalue weighted by molar-refractivity contribution is 7.89. The fourth-order valence-corrected chi connectivity index (χ4v) is 8.60. The molecule has 0 radical (unpaired) electrons. The van der Waals surface area contributed by atoms with E-state index in [0.717, 1.165) is 42.4 Å². The first kappa shape index (κ1) is 30.8. The highest BCUT2D eigenvalue weighted by Gasteiger charge is 2.48. The van der Waals surface area contributed by atoms with Crippen LogP contribution in [0.3, 0.4) is 0 Å². The van der Waals surface area contributed by atoms with Crippen molar-refractivity contribution in [2.45, 2.75) is 79.2 Å². The number of nitrogens with one attached hydrogen (secondary N) is 2. The second kappa shape index (κ2) is 12.6. The first-order valence-electron chi connectivity index (χ1n) is 15.0. The molecule has 0 aromatic heterocycles. The van der Waals surface area contributed by atoms with E-state index in [1.54, 1.807) is 4.90 Å². The molecule has 13 nitrogen and oxygen atoms in total. The molecule has 6 bridgehead atoms. The van der Waals surface area contributed by atoms with E-state index in [-0.39, 0.29) is 61.5 Å². The van der Waals surface area contributed by atoms with Gasteiger partial charge in [0.1, 0.15) is 24.1 Å². The van der Waals surface area contributed by atoms with E-state index in [1.807, 2.05) is 0 Å². The number of rotatable bonds is 3. The molecule has 4 N–H and O–H groups in total. The molecule has 5 fully saturated rings. The van der Waals surface area contributed by atoms with Crippen molar-refractivity contribution in [2.24, 2.45) is 0 Å². The molecule has 5 aliphatic heterocycles. The van der Waals surface area contributed by atoms with Crippen molar-refractivity contribution in [2.75, 3.05) is 52.4 Å². The highest BCUT2D eigenvalue weighted by Crippen LogP contribution is 2.30. The zero-order valence-corrected chi connectivity index (χ0v) is 24.7. The summed E-state index contributed by atoms with van der Waals surface area (Å²) in [5.74, 6) is -1.19. The van der Waals surface area contributed by atoms with E-state index >= 15 is 0 Å². The third-order valence-corrected chi connectivity index (χ3v) is 11.1. The molecular weight excluding hydrogens is 585 g/mol. The number of carbonyl (C=O) groups is 2. The number of sulfonamides is 1. The van der Waals surface area contributed by atoms with Crippen LogP contribution in [-0.4, -0.2) is 146 Å². The van der Waals surface area contributed by atoms with Crippen LogP contribution in [0.5, 0.6) is 0 Å². The Balaban J connectivity index is 1.32. The van der Waals surface area contributed by atoms with Crippen LogP contribution in [0.4, 0.5) is 4.39 Å². The number of hydrogen-bond donors (Lipinski definition) is 4. The van der Waals surface area contributed by atoms with Crippen LogP contribution in [0.15, 0.2) is 29.2 Å². The Labute approximate surface area is 250 Å². The number of morpholine rings is 1.